The smallest absolute Gasteiger partial charge is 0.335 e. The van der Waals surface area contributed by atoms with E-state index in [-0.39, 0.29) is 23.9 Å². The quantitative estimate of drug-likeness (QED) is 0.842. The monoisotopic (exact) mass is 372 g/mol. The zero-order valence-electron chi connectivity index (χ0n) is 14.8. The number of amides is 1. The van der Waals surface area contributed by atoms with E-state index in [1.54, 1.807) is 23.1 Å². The molecule has 0 unspecified atom stereocenters. The van der Waals surface area contributed by atoms with Gasteiger partial charge in [0, 0.05) is 32.7 Å². The lowest BCUT2D eigenvalue weighted by molar-refractivity contribution is -0.135. The van der Waals surface area contributed by atoms with Crippen molar-refractivity contribution in [1.29, 1.82) is 0 Å². The molecule has 1 aliphatic rings. The highest BCUT2D eigenvalue weighted by atomic mass is 19.1. The maximum Gasteiger partial charge on any atom is 0.335 e. The van der Waals surface area contributed by atoms with Gasteiger partial charge in [-0.2, -0.15) is 0 Å². The van der Waals surface area contributed by atoms with Crippen LogP contribution in [0.1, 0.15) is 15.9 Å². The summed E-state index contributed by atoms with van der Waals surface area (Å²) in [6, 6.07) is 12.5. The van der Waals surface area contributed by atoms with Crippen LogP contribution in [0.15, 0.2) is 48.5 Å². The van der Waals surface area contributed by atoms with Crippen LogP contribution in [0, 0.1) is 5.82 Å². The van der Waals surface area contributed by atoms with Gasteiger partial charge in [-0.05, 0) is 42.0 Å². The summed E-state index contributed by atoms with van der Waals surface area (Å²) in [5.41, 5.74) is 1.22. The number of aromatic carboxylic acids is 1. The van der Waals surface area contributed by atoms with E-state index in [0.717, 1.165) is 5.56 Å². The Kier molecular flexibility index (Phi) is 6.03. The van der Waals surface area contributed by atoms with Gasteiger partial charge in [0.15, 0.2) is 6.61 Å². The fourth-order valence-electron chi connectivity index (χ4n) is 2.98. The third kappa shape index (κ3) is 5.27. The van der Waals surface area contributed by atoms with Crippen molar-refractivity contribution < 1.29 is 23.8 Å². The second-order valence-corrected chi connectivity index (χ2v) is 6.41. The van der Waals surface area contributed by atoms with E-state index in [0.29, 0.717) is 38.5 Å². The third-order valence-electron chi connectivity index (χ3n) is 4.48. The third-order valence-corrected chi connectivity index (χ3v) is 4.48. The highest BCUT2D eigenvalue weighted by molar-refractivity contribution is 5.87. The van der Waals surface area contributed by atoms with Gasteiger partial charge in [0.1, 0.15) is 11.6 Å². The van der Waals surface area contributed by atoms with E-state index in [2.05, 4.69) is 4.90 Å². The number of carbonyl (C=O) groups is 2. The summed E-state index contributed by atoms with van der Waals surface area (Å²) in [5.74, 6) is -0.930. The van der Waals surface area contributed by atoms with Gasteiger partial charge in [0.05, 0.1) is 5.56 Å². The first-order valence-electron chi connectivity index (χ1n) is 8.72. The Morgan fingerprint density at radius 1 is 1.04 bits per heavy atom. The van der Waals surface area contributed by atoms with Crippen LogP contribution >= 0.6 is 0 Å². The van der Waals surface area contributed by atoms with Crippen LogP contribution < -0.4 is 4.74 Å². The standard InChI is InChI=1S/C20H21FN2O4/c21-17-4-6-18(7-5-17)27-14-19(24)23-10-8-22(9-11-23)13-15-2-1-3-16(12-15)20(25)26/h1-7,12H,8-11,13-14H2,(H,25,26). The zero-order valence-corrected chi connectivity index (χ0v) is 14.8. The molecule has 1 saturated heterocycles. The number of piperazine rings is 1. The topological polar surface area (TPSA) is 70.1 Å². The average molecular weight is 372 g/mol. The van der Waals surface area contributed by atoms with Crippen LogP contribution in [0.4, 0.5) is 4.39 Å². The van der Waals surface area contributed by atoms with Crippen molar-refractivity contribution in [3.8, 4) is 5.75 Å². The Hall–Kier alpha value is -2.93. The number of carboxylic acid groups (broad SMARTS) is 1. The molecule has 0 bridgehead atoms. The molecule has 0 saturated carbocycles. The van der Waals surface area contributed by atoms with Crippen molar-refractivity contribution in [2.45, 2.75) is 6.54 Å². The Morgan fingerprint density at radius 3 is 2.41 bits per heavy atom. The van der Waals surface area contributed by atoms with E-state index in [1.807, 2.05) is 6.07 Å². The predicted octanol–water partition coefficient (Wildman–Crippen LogP) is 2.25. The second-order valence-electron chi connectivity index (χ2n) is 6.41. The summed E-state index contributed by atoms with van der Waals surface area (Å²) in [4.78, 5) is 27.3. The van der Waals surface area contributed by atoms with Crippen LogP contribution in [0.2, 0.25) is 0 Å². The minimum atomic E-state index is -0.937. The molecule has 2 aromatic carbocycles. The van der Waals surface area contributed by atoms with Crippen LogP contribution in [0.5, 0.6) is 5.75 Å². The summed E-state index contributed by atoms with van der Waals surface area (Å²) >= 11 is 0. The number of halogens is 1. The first-order valence-corrected chi connectivity index (χ1v) is 8.72. The molecule has 0 aliphatic carbocycles. The van der Waals surface area contributed by atoms with Crippen molar-refractivity contribution in [1.82, 2.24) is 9.80 Å². The van der Waals surface area contributed by atoms with Crippen molar-refractivity contribution in [2.75, 3.05) is 32.8 Å². The summed E-state index contributed by atoms with van der Waals surface area (Å²) < 4.78 is 18.3. The van der Waals surface area contributed by atoms with Crippen molar-refractivity contribution in [2.24, 2.45) is 0 Å². The van der Waals surface area contributed by atoms with Gasteiger partial charge in [0.2, 0.25) is 0 Å². The molecular formula is C20H21FN2O4. The summed E-state index contributed by atoms with van der Waals surface area (Å²) in [6.07, 6.45) is 0. The van der Waals surface area contributed by atoms with Gasteiger partial charge < -0.3 is 14.7 Å². The number of rotatable bonds is 6. The molecule has 0 spiro atoms. The number of ether oxygens (including phenoxy) is 1. The lowest BCUT2D eigenvalue weighted by atomic mass is 10.1. The van der Waals surface area contributed by atoms with Gasteiger partial charge in [-0.3, -0.25) is 9.69 Å². The zero-order chi connectivity index (χ0) is 19.2. The molecule has 2 aromatic rings. The van der Waals surface area contributed by atoms with E-state index < -0.39 is 5.97 Å². The van der Waals surface area contributed by atoms with Gasteiger partial charge >= 0.3 is 5.97 Å². The molecule has 1 N–H and O–H groups in total. The summed E-state index contributed by atoms with van der Waals surface area (Å²) in [5, 5.41) is 9.07. The first kappa shape index (κ1) is 18.8. The summed E-state index contributed by atoms with van der Waals surface area (Å²) in [7, 11) is 0. The van der Waals surface area contributed by atoms with Crippen molar-refractivity contribution in [3.05, 3.63) is 65.5 Å². The number of hydrogen-bond donors (Lipinski definition) is 1. The largest absolute Gasteiger partial charge is 0.484 e. The number of nitrogens with zero attached hydrogens (tertiary/aromatic N) is 2. The highest BCUT2D eigenvalue weighted by Gasteiger charge is 2.21. The van der Waals surface area contributed by atoms with E-state index in [4.69, 9.17) is 9.84 Å². The summed E-state index contributed by atoms with van der Waals surface area (Å²) in [6.45, 7) is 3.16. The normalized spacial score (nSPS) is 14.8. The molecule has 3 rings (SSSR count). The number of carboxylic acids is 1. The Balaban J connectivity index is 1.45. The number of benzene rings is 2. The van der Waals surface area contributed by atoms with E-state index in [9.17, 15) is 14.0 Å². The van der Waals surface area contributed by atoms with Gasteiger partial charge in [-0.1, -0.05) is 12.1 Å². The number of hydrogen-bond acceptors (Lipinski definition) is 4. The molecule has 27 heavy (non-hydrogen) atoms. The fraction of sp³-hybridized carbons (Fsp3) is 0.300. The van der Waals surface area contributed by atoms with E-state index in [1.165, 1.54) is 24.3 Å². The molecule has 1 heterocycles. The van der Waals surface area contributed by atoms with Gasteiger partial charge in [0.25, 0.3) is 5.91 Å². The van der Waals surface area contributed by atoms with Crippen LogP contribution in [0.25, 0.3) is 0 Å². The maximum absolute atomic E-state index is 12.9. The minimum absolute atomic E-state index is 0.0771. The predicted molar refractivity (Wildman–Crippen MR) is 97.2 cm³/mol. The molecule has 1 aliphatic heterocycles. The average Bonchev–Trinajstić information content (AvgIpc) is 2.68. The van der Waals surface area contributed by atoms with Crippen LogP contribution in [-0.4, -0.2) is 59.6 Å². The minimum Gasteiger partial charge on any atom is -0.484 e. The number of carbonyl (C=O) groups excluding carboxylic acids is 1. The van der Waals surface area contributed by atoms with E-state index >= 15 is 0 Å². The van der Waals surface area contributed by atoms with Crippen LogP contribution in [-0.2, 0) is 11.3 Å². The maximum atomic E-state index is 12.9. The molecular weight excluding hydrogens is 351 g/mol. The Morgan fingerprint density at radius 2 is 1.74 bits per heavy atom. The van der Waals surface area contributed by atoms with Gasteiger partial charge in [-0.15, -0.1) is 0 Å². The lowest BCUT2D eigenvalue weighted by Crippen LogP contribution is -2.49. The molecule has 0 radical (unpaired) electrons. The molecule has 6 nitrogen and oxygen atoms in total. The molecule has 1 amide bonds. The van der Waals surface area contributed by atoms with Crippen molar-refractivity contribution in [3.63, 3.8) is 0 Å². The van der Waals surface area contributed by atoms with Gasteiger partial charge in [-0.25, -0.2) is 9.18 Å². The molecule has 1 fully saturated rings. The second kappa shape index (κ2) is 8.64. The Labute approximate surface area is 156 Å². The molecule has 0 atom stereocenters. The van der Waals surface area contributed by atoms with Crippen molar-refractivity contribution >= 4 is 11.9 Å². The SMILES string of the molecule is O=C(O)c1cccc(CN2CCN(C(=O)COc3ccc(F)cc3)CC2)c1. The molecule has 0 aromatic heterocycles. The highest BCUT2D eigenvalue weighted by Crippen LogP contribution is 2.13. The lowest BCUT2D eigenvalue weighted by Gasteiger charge is -2.34. The fourth-order valence-corrected chi connectivity index (χ4v) is 2.98. The first-order chi connectivity index (χ1) is 13.0. The molecule has 7 heteroatoms. The Bertz CT molecular complexity index is 802. The van der Waals surface area contributed by atoms with Crippen LogP contribution in [0.3, 0.4) is 0 Å². The molecule has 142 valence electrons.